The lowest BCUT2D eigenvalue weighted by Crippen LogP contribution is -1.87. The fourth-order valence-electron chi connectivity index (χ4n) is 1.46. The summed E-state index contributed by atoms with van der Waals surface area (Å²) in [5.41, 5.74) is 1.10. The van der Waals surface area contributed by atoms with Gasteiger partial charge in [-0.15, -0.1) is 21.8 Å². The first kappa shape index (κ1) is 12.4. The second-order valence-corrected chi connectivity index (χ2v) is 4.50. The first-order chi connectivity index (χ1) is 8.28. The summed E-state index contributed by atoms with van der Waals surface area (Å²) in [6, 6.07) is 7.60. The molecule has 90 valence electrons. The summed E-state index contributed by atoms with van der Waals surface area (Å²) >= 11 is 11.4. The molecule has 17 heavy (non-hydrogen) atoms. The van der Waals surface area contributed by atoms with Gasteiger partial charge in [0.05, 0.1) is 6.42 Å². The van der Waals surface area contributed by atoms with Crippen LogP contribution in [-0.2, 0) is 12.8 Å². The van der Waals surface area contributed by atoms with E-state index in [1.54, 1.807) is 0 Å². The predicted molar refractivity (Wildman–Crippen MR) is 67.6 cm³/mol. The van der Waals surface area contributed by atoms with Gasteiger partial charge in [-0.2, -0.15) is 0 Å². The summed E-state index contributed by atoms with van der Waals surface area (Å²) in [5, 5.41) is 8.68. The molecule has 0 unspecified atom stereocenters. The Kier molecular flexibility index (Phi) is 4.40. The standard InChI is InChI=1S/C12H12Cl2N2O/c13-7-1-2-11-15-16-12(17-11)8-9-3-5-10(14)6-4-9/h3-6H,1-2,7-8H2. The Morgan fingerprint density at radius 3 is 2.47 bits per heavy atom. The second kappa shape index (κ2) is 6.03. The van der Waals surface area contributed by atoms with Crippen molar-refractivity contribution in [2.75, 3.05) is 5.88 Å². The number of hydrogen-bond donors (Lipinski definition) is 0. The highest BCUT2D eigenvalue weighted by Gasteiger charge is 2.06. The van der Waals surface area contributed by atoms with E-state index >= 15 is 0 Å². The number of aromatic nitrogens is 2. The predicted octanol–water partition coefficient (Wildman–Crippen LogP) is 3.49. The van der Waals surface area contributed by atoms with E-state index in [9.17, 15) is 0 Å². The monoisotopic (exact) mass is 270 g/mol. The molecule has 2 rings (SSSR count). The summed E-state index contributed by atoms with van der Waals surface area (Å²) in [7, 11) is 0. The molecule has 0 aliphatic heterocycles. The molecule has 1 aromatic carbocycles. The molecular formula is C12H12Cl2N2O. The Morgan fingerprint density at radius 2 is 1.76 bits per heavy atom. The smallest absolute Gasteiger partial charge is 0.220 e. The zero-order chi connectivity index (χ0) is 12.1. The van der Waals surface area contributed by atoms with Gasteiger partial charge in [-0.1, -0.05) is 23.7 Å². The Hall–Kier alpha value is -1.06. The summed E-state index contributed by atoms with van der Waals surface area (Å²) in [4.78, 5) is 0. The minimum Gasteiger partial charge on any atom is -0.425 e. The maximum Gasteiger partial charge on any atom is 0.220 e. The van der Waals surface area contributed by atoms with E-state index in [4.69, 9.17) is 27.6 Å². The third-order valence-corrected chi connectivity index (χ3v) is 2.82. The number of halogens is 2. The molecule has 5 heteroatoms. The number of benzene rings is 1. The number of alkyl halides is 1. The molecule has 0 spiro atoms. The van der Waals surface area contributed by atoms with Gasteiger partial charge in [-0.05, 0) is 24.1 Å². The van der Waals surface area contributed by atoms with E-state index < -0.39 is 0 Å². The van der Waals surface area contributed by atoms with Crippen molar-refractivity contribution < 1.29 is 4.42 Å². The van der Waals surface area contributed by atoms with Crippen molar-refractivity contribution in [3.8, 4) is 0 Å². The van der Waals surface area contributed by atoms with Crippen molar-refractivity contribution in [1.29, 1.82) is 0 Å². The van der Waals surface area contributed by atoms with Crippen molar-refractivity contribution in [3.63, 3.8) is 0 Å². The van der Waals surface area contributed by atoms with Crippen molar-refractivity contribution in [1.82, 2.24) is 10.2 Å². The van der Waals surface area contributed by atoms with E-state index in [-0.39, 0.29) is 0 Å². The normalized spacial score (nSPS) is 10.7. The fourth-order valence-corrected chi connectivity index (χ4v) is 1.72. The maximum atomic E-state index is 5.81. The van der Waals surface area contributed by atoms with E-state index in [0.717, 1.165) is 23.4 Å². The fraction of sp³-hybridized carbons (Fsp3) is 0.333. The molecule has 0 atom stereocenters. The number of nitrogens with zero attached hydrogens (tertiary/aromatic N) is 2. The molecule has 0 amide bonds. The maximum absolute atomic E-state index is 5.81. The average molecular weight is 271 g/mol. The van der Waals surface area contributed by atoms with Crippen molar-refractivity contribution in [3.05, 3.63) is 46.6 Å². The summed E-state index contributed by atoms with van der Waals surface area (Å²) in [6.07, 6.45) is 2.21. The van der Waals surface area contributed by atoms with Crippen LogP contribution in [0.4, 0.5) is 0 Å². The molecule has 0 saturated carbocycles. The van der Waals surface area contributed by atoms with Crippen molar-refractivity contribution in [2.24, 2.45) is 0 Å². The highest BCUT2D eigenvalue weighted by molar-refractivity contribution is 6.30. The summed E-state index contributed by atoms with van der Waals surface area (Å²) in [6.45, 7) is 0. The first-order valence-electron chi connectivity index (χ1n) is 5.39. The highest BCUT2D eigenvalue weighted by atomic mass is 35.5. The molecule has 2 aromatic rings. The molecule has 1 heterocycles. The average Bonchev–Trinajstić information content (AvgIpc) is 2.77. The molecule has 0 aliphatic carbocycles. The van der Waals surface area contributed by atoms with Gasteiger partial charge in [0.15, 0.2) is 0 Å². The van der Waals surface area contributed by atoms with Crippen LogP contribution in [0.2, 0.25) is 5.02 Å². The van der Waals surface area contributed by atoms with Gasteiger partial charge in [0.2, 0.25) is 11.8 Å². The van der Waals surface area contributed by atoms with E-state index in [0.29, 0.717) is 24.1 Å². The zero-order valence-electron chi connectivity index (χ0n) is 9.20. The minimum atomic E-state index is 0.606. The minimum absolute atomic E-state index is 0.606. The lowest BCUT2D eigenvalue weighted by Gasteiger charge is -1.96. The van der Waals surface area contributed by atoms with Gasteiger partial charge in [-0.25, -0.2) is 0 Å². The molecule has 0 fully saturated rings. The van der Waals surface area contributed by atoms with Crippen LogP contribution in [0.3, 0.4) is 0 Å². The van der Waals surface area contributed by atoms with E-state index in [1.165, 1.54) is 0 Å². The van der Waals surface area contributed by atoms with Gasteiger partial charge in [-0.3, -0.25) is 0 Å². The third kappa shape index (κ3) is 3.72. The summed E-state index contributed by atoms with van der Waals surface area (Å²) < 4.78 is 5.51. The quantitative estimate of drug-likeness (QED) is 0.781. The van der Waals surface area contributed by atoms with Gasteiger partial charge in [0.25, 0.3) is 0 Å². The molecule has 0 radical (unpaired) electrons. The van der Waals surface area contributed by atoms with Crippen LogP contribution < -0.4 is 0 Å². The molecule has 0 bridgehead atoms. The molecule has 0 N–H and O–H groups in total. The van der Waals surface area contributed by atoms with Crippen LogP contribution in [0.15, 0.2) is 28.7 Å². The van der Waals surface area contributed by atoms with Crippen LogP contribution in [0.1, 0.15) is 23.8 Å². The van der Waals surface area contributed by atoms with Gasteiger partial charge in [0.1, 0.15) is 0 Å². The van der Waals surface area contributed by atoms with Crippen LogP contribution in [0.25, 0.3) is 0 Å². The van der Waals surface area contributed by atoms with Crippen molar-refractivity contribution in [2.45, 2.75) is 19.3 Å². The Morgan fingerprint density at radius 1 is 1.06 bits per heavy atom. The van der Waals surface area contributed by atoms with Gasteiger partial charge in [0, 0.05) is 17.3 Å². The molecule has 0 saturated heterocycles. The second-order valence-electron chi connectivity index (χ2n) is 3.69. The van der Waals surface area contributed by atoms with Crippen LogP contribution >= 0.6 is 23.2 Å². The number of aryl methyl sites for hydroxylation is 1. The SMILES string of the molecule is ClCCCc1nnc(Cc2ccc(Cl)cc2)o1. The lowest BCUT2D eigenvalue weighted by atomic mass is 10.1. The number of rotatable bonds is 5. The molecule has 0 aliphatic rings. The lowest BCUT2D eigenvalue weighted by molar-refractivity contribution is 0.455. The third-order valence-electron chi connectivity index (χ3n) is 2.30. The van der Waals surface area contributed by atoms with Gasteiger partial charge >= 0.3 is 0 Å². The zero-order valence-corrected chi connectivity index (χ0v) is 10.7. The van der Waals surface area contributed by atoms with Gasteiger partial charge < -0.3 is 4.42 Å². The Balaban J connectivity index is 1.98. The van der Waals surface area contributed by atoms with Crippen LogP contribution in [0, 0.1) is 0 Å². The Bertz CT molecular complexity index is 468. The van der Waals surface area contributed by atoms with Crippen LogP contribution in [-0.4, -0.2) is 16.1 Å². The topological polar surface area (TPSA) is 38.9 Å². The van der Waals surface area contributed by atoms with E-state index in [2.05, 4.69) is 10.2 Å². The first-order valence-corrected chi connectivity index (χ1v) is 6.31. The summed E-state index contributed by atoms with van der Waals surface area (Å²) in [5.74, 6) is 1.88. The van der Waals surface area contributed by atoms with E-state index in [1.807, 2.05) is 24.3 Å². The largest absolute Gasteiger partial charge is 0.425 e. The number of hydrogen-bond acceptors (Lipinski definition) is 3. The molecule has 3 nitrogen and oxygen atoms in total. The molecular weight excluding hydrogens is 259 g/mol. The van der Waals surface area contributed by atoms with Crippen molar-refractivity contribution >= 4 is 23.2 Å². The van der Waals surface area contributed by atoms with Crippen LogP contribution in [0.5, 0.6) is 0 Å². The Labute approximate surface area is 110 Å². The molecule has 1 aromatic heterocycles. The highest BCUT2D eigenvalue weighted by Crippen LogP contribution is 2.13.